The molecule has 0 spiro atoms. The van der Waals surface area contributed by atoms with Crippen LogP contribution in [-0.4, -0.2) is 30.8 Å². The van der Waals surface area contributed by atoms with Crippen molar-refractivity contribution in [3.8, 4) is 11.3 Å². The SMILES string of the molecule is Cc1ccc(C(=O)NCc2ncccn2)cc1Nc1nccc(-c2cccnc2)n1. The van der Waals surface area contributed by atoms with Crippen molar-refractivity contribution in [1.82, 2.24) is 30.2 Å². The first-order valence-electron chi connectivity index (χ1n) is 9.34. The fourth-order valence-electron chi connectivity index (χ4n) is 2.79. The van der Waals surface area contributed by atoms with Crippen molar-refractivity contribution in [2.24, 2.45) is 0 Å². The molecule has 4 rings (SSSR count). The Morgan fingerprint density at radius 1 is 0.967 bits per heavy atom. The fraction of sp³-hybridized carbons (Fsp3) is 0.0909. The molecule has 0 saturated heterocycles. The lowest BCUT2D eigenvalue weighted by Gasteiger charge is -2.11. The van der Waals surface area contributed by atoms with Crippen molar-refractivity contribution in [2.45, 2.75) is 13.5 Å². The highest BCUT2D eigenvalue weighted by molar-refractivity contribution is 5.95. The van der Waals surface area contributed by atoms with Gasteiger partial charge in [0.25, 0.3) is 5.91 Å². The molecule has 0 fully saturated rings. The van der Waals surface area contributed by atoms with Gasteiger partial charge in [-0.15, -0.1) is 0 Å². The molecule has 8 nitrogen and oxygen atoms in total. The van der Waals surface area contributed by atoms with E-state index >= 15 is 0 Å². The smallest absolute Gasteiger partial charge is 0.251 e. The van der Waals surface area contributed by atoms with Gasteiger partial charge >= 0.3 is 0 Å². The van der Waals surface area contributed by atoms with Crippen LogP contribution in [0.3, 0.4) is 0 Å². The Kier molecular flexibility index (Phi) is 5.66. The number of nitrogens with zero attached hydrogens (tertiary/aromatic N) is 5. The van der Waals surface area contributed by atoms with Crippen LogP contribution in [0.15, 0.2) is 73.4 Å². The Labute approximate surface area is 173 Å². The second-order valence-electron chi connectivity index (χ2n) is 6.51. The molecule has 0 aliphatic heterocycles. The molecular weight excluding hydrogens is 378 g/mol. The van der Waals surface area contributed by atoms with Crippen molar-refractivity contribution in [1.29, 1.82) is 0 Å². The zero-order chi connectivity index (χ0) is 20.8. The molecule has 30 heavy (non-hydrogen) atoms. The zero-order valence-corrected chi connectivity index (χ0v) is 16.3. The number of aryl methyl sites for hydroxylation is 1. The van der Waals surface area contributed by atoms with Gasteiger partial charge in [0.15, 0.2) is 0 Å². The summed E-state index contributed by atoms with van der Waals surface area (Å²) in [5.41, 5.74) is 3.89. The van der Waals surface area contributed by atoms with Gasteiger partial charge in [0.1, 0.15) is 5.82 Å². The lowest BCUT2D eigenvalue weighted by atomic mass is 10.1. The van der Waals surface area contributed by atoms with E-state index in [0.29, 0.717) is 17.3 Å². The molecule has 0 radical (unpaired) electrons. The molecule has 8 heteroatoms. The molecule has 4 aromatic rings. The van der Waals surface area contributed by atoms with Crippen molar-refractivity contribution < 1.29 is 4.79 Å². The Morgan fingerprint density at radius 2 is 1.83 bits per heavy atom. The quantitative estimate of drug-likeness (QED) is 0.514. The standard InChI is InChI=1S/C22H19N7O/c1-15-5-6-16(21(30)27-14-20-24-9-3-10-25-20)12-19(15)29-22-26-11-7-18(28-22)17-4-2-8-23-13-17/h2-13H,14H2,1H3,(H,27,30)(H,26,28,29). The summed E-state index contributed by atoms with van der Waals surface area (Å²) < 4.78 is 0. The topological polar surface area (TPSA) is 106 Å². The van der Waals surface area contributed by atoms with Gasteiger partial charge in [0, 0.05) is 47.8 Å². The van der Waals surface area contributed by atoms with Crippen molar-refractivity contribution >= 4 is 17.5 Å². The first kappa shape index (κ1) is 19.1. The highest BCUT2D eigenvalue weighted by Crippen LogP contribution is 2.22. The number of benzene rings is 1. The average molecular weight is 397 g/mol. The minimum atomic E-state index is -0.212. The van der Waals surface area contributed by atoms with Crippen molar-refractivity contribution in [3.63, 3.8) is 0 Å². The van der Waals surface area contributed by atoms with Crippen LogP contribution in [0.4, 0.5) is 11.6 Å². The Balaban J connectivity index is 1.50. The van der Waals surface area contributed by atoms with Crippen LogP contribution in [-0.2, 0) is 6.54 Å². The summed E-state index contributed by atoms with van der Waals surface area (Å²) >= 11 is 0. The molecule has 0 aliphatic rings. The molecule has 0 saturated carbocycles. The van der Waals surface area contributed by atoms with Crippen LogP contribution in [0.1, 0.15) is 21.7 Å². The number of hydrogen-bond acceptors (Lipinski definition) is 7. The van der Waals surface area contributed by atoms with E-state index in [1.54, 1.807) is 49.2 Å². The summed E-state index contributed by atoms with van der Waals surface area (Å²) in [6, 6.07) is 12.8. The molecular formula is C22H19N7O. The average Bonchev–Trinajstić information content (AvgIpc) is 2.80. The summed E-state index contributed by atoms with van der Waals surface area (Å²) in [7, 11) is 0. The molecule has 1 aromatic carbocycles. The van der Waals surface area contributed by atoms with E-state index in [-0.39, 0.29) is 12.5 Å². The van der Waals surface area contributed by atoms with Crippen LogP contribution in [0.25, 0.3) is 11.3 Å². The lowest BCUT2D eigenvalue weighted by Crippen LogP contribution is -2.24. The van der Waals surface area contributed by atoms with E-state index in [2.05, 4.69) is 35.6 Å². The van der Waals surface area contributed by atoms with Crippen LogP contribution < -0.4 is 10.6 Å². The van der Waals surface area contributed by atoms with Gasteiger partial charge in [0.2, 0.25) is 5.95 Å². The van der Waals surface area contributed by atoms with Gasteiger partial charge in [-0.3, -0.25) is 9.78 Å². The third kappa shape index (κ3) is 4.61. The lowest BCUT2D eigenvalue weighted by molar-refractivity contribution is 0.0950. The molecule has 2 N–H and O–H groups in total. The number of carbonyl (C=O) groups excluding carboxylic acids is 1. The van der Waals surface area contributed by atoms with Gasteiger partial charge < -0.3 is 10.6 Å². The van der Waals surface area contributed by atoms with Gasteiger partial charge in [-0.25, -0.2) is 19.9 Å². The normalized spacial score (nSPS) is 10.4. The predicted molar refractivity (Wildman–Crippen MR) is 113 cm³/mol. The van der Waals surface area contributed by atoms with Crippen LogP contribution in [0.2, 0.25) is 0 Å². The highest BCUT2D eigenvalue weighted by Gasteiger charge is 2.10. The fourth-order valence-corrected chi connectivity index (χ4v) is 2.79. The maximum Gasteiger partial charge on any atom is 0.251 e. The molecule has 3 aromatic heterocycles. The van der Waals surface area contributed by atoms with E-state index < -0.39 is 0 Å². The highest BCUT2D eigenvalue weighted by atomic mass is 16.1. The number of rotatable bonds is 6. The van der Waals surface area contributed by atoms with E-state index in [1.807, 2.05) is 31.2 Å². The van der Waals surface area contributed by atoms with E-state index in [1.165, 1.54) is 0 Å². The minimum absolute atomic E-state index is 0.212. The van der Waals surface area contributed by atoms with E-state index in [9.17, 15) is 4.79 Å². The molecule has 0 bridgehead atoms. The Bertz CT molecular complexity index is 1150. The number of carbonyl (C=O) groups is 1. The first-order valence-corrected chi connectivity index (χ1v) is 9.34. The number of nitrogens with one attached hydrogen (secondary N) is 2. The summed E-state index contributed by atoms with van der Waals surface area (Å²) in [4.78, 5) is 33.7. The summed E-state index contributed by atoms with van der Waals surface area (Å²) in [5, 5.41) is 6.03. The Hall–Kier alpha value is -4.20. The van der Waals surface area contributed by atoms with Crippen LogP contribution >= 0.6 is 0 Å². The summed E-state index contributed by atoms with van der Waals surface area (Å²) in [5.74, 6) is 0.780. The predicted octanol–water partition coefficient (Wildman–Crippen LogP) is 3.31. The molecule has 0 aliphatic carbocycles. The molecule has 1 amide bonds. The molecule has 0 atom stereocenters. The van der Waals surface area contributed by atoms with Gasteiger partial charge in [-0.2, -0.15) is 0 Å². The second-order valence-corrected chi connectivity index (χ2v) is 6.51. The maximum atomic E-state index is 12.5. The second kappa shape index (κ2) is 8.87. The van der Waals surface area contributed by atoms with Crippen molar-refractivity contribution in [3.05, 3.63) is 90.4 Å². The molecule has 3 heterocycles. The largest absolute Gasteiger partial charge is 0.345 e. The molecule has 0 unspecified atom stereocenters. The van der Waals surface area contributed by atoms with Gasteiger partial charge in [-0.1, -0.05) is 6.07 Å². The van der Waals surface area contributed by atoms with Crippen molar-refractivity contribution in [2.75, 3.05) is 5.32 Å². The Morgan fingerprint density at radius 3 is 2.63 bits per heavy atom. The number of pyridine rings is 1. The first-order chi connectivity index (χ1) is 14.7. The monoisotopic (exact) mass is 397 g/mol. The van der Waals surface area contributed by atoms with E-state index in [4.69, 9.17) is 0 Å². The number of aromatic nitrogens is 5. The van der Waals surface area contributed by atoms with Gasteiger partial charge in [0.05, 0.1) is 12.2 Å². The number of hydrogen-bond donors (Lipinski definition) is 2. The minimum Gasteiger partial charge on any atom is -0.345 e. The van der Waals surface area contributed by atoms with Crippen LogP contribution in [0, 0.1) is 6.92 Å². The third-order valence-corrected chi connectivity index (χ3v) is 4.39. The number of amides is 1. The summed E-state index contributed by atoms with van der Waals surface area (Å²) in [6.07, 6.45) is 8.43. The van der Waals surface area contributed by atoms with Gasteiger partial charge in [-0.05, 0) is 48.9 Å². The maximum absolute atomic E-state index is 12.5. The van der Waals surface area contributed by atoms with Crippen LogP contribution in [0.5, 0.6) is 0 Å². The zero-order valence-electron chi connectivity index (χ0n) is 16.3. The number of anilines is 2. The molecule has 148 valence electrons. The third-order valence-electron chi connectivity index (χ3n) is 4.39. The summed E-state index contributed by atoms with van der Waals surface area (Å²) in [6.45, 7) is 2.21. The van der Waals surface area contributed by atoms with E-state index in [0.717, 1.165) is 22.5 Å².